The van der Waals surface area contributed by atoms with Gasteiger partial charge in [-0.25, -0.2) is 5.43 Å². The highest BCUT2D eigenvalue weighted by Gasteiger charge is 2.22. The van der Waals surface area contributed by atoms with Crippen molar-refractivity contribution in [2.75, 3.05) is 0 Å². The molecule has 0 aliphatic carbocycles. The van der Waals surface area contributed by atoms with Crippen molar-refractivity contribution in [2.45, 2.75) is 40.3 Å². The molecule has 74 valence electrons. The Hall–Kier alpha value is -0.120. The molecule has 3 nitrogen and oxygen atoms in total. The molecule has 0 aromatic carbocycles. The van der Waals surface area contributed by atoms with Crippen molar-refractivity contribution in [2.24, 2.45) is 23.6 Å². The normalized spacial score (nSPS) is 17.0. The maximum Gasteiger partial charge on any atom is 0.120 e. The fourth-order valence-corrected chi connectivity index (χ4v) is 1.43. The lowest BCUT2D eigenvalue weighted by molar-refractivity contribution is 0.0404. The first-order valence-corrected chi connectivity index (χ1v) is 4.63. The molecule has 3 heteroatoms. The summed E-state index contributed by atoms with van der Waals surface area (Å²) in [6.07, 6.45) is 0.427. The van der Waals surface area contributed by atoms with Crippen molar-refractivity contribution >= 4 is 0 Å². The van der Waals surface area contributed by atoms with Crippen molar-refractivity contribution in [3.05, 3.63) is 0 Å². The summed E-state index contributed by atoms with van der Waals surface area (Å²) >= 11 is 0. The Labute approximate surface area is 75.3 Å². The third-order valence-corrected chi connectivity index (χ3v) is 2.18. The van der Waals surface area contributed by atoms with Crippen LogP contribution in [0.3, 0.4) is 0 Å². The van der Waals surface area contributed by atoms with Gasteiger partial charge in [0, 0.05) is 5.92 Å². The van der Waals surface area contributed by atoms with Gasteiger partial charge in [0.25, 0.3) is 0 Å². The van der Waals surface area contributed by atoms with Crippen LogP contribution in [0.25, 0.3) is 0 Å². The van der Waals surface area contributed by atoms with E-state index in [0.717, 1.165) is 6.42 Å². The maximum atomic E-state index is 9.50. The highest BCUT2D eigenvalue weighted by molar-refractivity contribution is 4.70. The van der Waals surface area contributed by atoms with Crippen LogP contribution in [-0.4, -0.2) is 11.3 Å². The van der Waals surface area contributed by atoms with Crippen LogP contribution in [0, 0.1) is 17.8 Å². The molecular weight excluding hydrogens is 152 g/mol. The van der Waals surface area contributed by atoms with Crippen molar-refractivity contribution in [3.8, 4) is 0 Å². The van der Waals surface area contributed by atoms with E-state index in [1.807, 2.05) is 0 Å². The third kappa shape index (κ3) is 4.04. The van der Waals surface area contributed by atoms with Gasteiger partial charge in [-0.2, -0.15) is 0 Å². The van der Waals surface area contributed by atoms with Gasteiger partial charge in [-0.1, -0.05) is 27.7 Å². The van der Waals surface area contributed by atoms with Crippen molar-refractivity contribution in [1.29, 1.82) is 0 Å². The van der Waals surface area contributed by atoms with Gasteiger partial charge in [-0.05, 0) is 18.3 Å². The van der Waals surface area contributed by atoms with Gasteiger partial charge in [0.05, 0.1) is 0 Å². The number of aliphatic hydroxyl groups is 1. The molecule has 0 aliphatic rings. The first-order chi connectivity index (χ1) is 5.49. The second-order valence-corrected chi connectivity index (χ2v) is 4.15. The Kier molecular flexibility index (Phi) is 5.46. The van der Waals surface area contributed by atoms with Gasteiger partial charge in [0.15, 0.2) is 0 Å². The van der Waals surface area contributed by atoms with Crippen LogP contribution in [0.4, 0.5) is 0 Å². The molecule has 0 aromatic rings. The van der Waals surface area contributed by atoms with Crippen LogP contribution in [0.2, 0.25) is 0 Å². The number of hydrazine groups is 1. The Morgan fingerprint density at radius 3 is 2.00 bits per heavy atom. The van der Waals surface area contributed by atoms with E-state index in [2.05, 4.69) is 33.1 Å². The Morgan fingerprint density at radius 1 is 1.25 bits per heavy atom. The van der Waals surface area contributed by atoms with Crippen molar-refractivity contribution in [1.82, 2.24) is 5.43 Å². The van der Waals surface area contributed by atoms with Crippen LogP contribution in [0.1, 0.15) is 34.1 Å². The fraction of sp³-hybridized carbons (Fsp3) is 1.00. The molecule has 0 saturated heterocycles. The molecule has 0 radical (unpaired) electrons. The number of hydrogen-bond acceptors (Lipinski definition) is 3. The minimum Gasteiger partial charge on any atom is -0.377 e. The van der Waals surface area contributed by atoms with Crippen LogP contribution >= 0.6 is 0 Å². The van der Waals surface area contributed by atoms with E-state index in [4.69, 9.17) is 5.84 Å². The van der Waals surface area contributed by atoms with Crippen molar-refractivity contribution in [3.63, 3.8) is 0 Å². The predicted molar refractivity (Wildman–Crippen MR) is 51.1 cm³/mol. The lowest BCUT2D eigenvalue weighted by atomic mass is 9.86. The maximum absolute atomic E-state index is 9.50. The van der Waals surface area contributed by atoms with Gasteiger partial charge < -0.3 is 5.11 Å². The van der Waals surface area contributed by atoms with Crippen molar-refractivity contribution < 1.29 is 5.11 Å². The SMILES string of the molecule is CC(C)CC(C(C)C)C(O)NN. The summed E-state index contributed by atoms with van der Waals surface area (Å²) in [4.78, 5) is 0. The molecule has 12 heavy (non-hydrogen) atoms. The van der Waals surface area contributed by atoms with Gasteiger partial charge in [0.1, 0.15) is 6.23 Å². The van der Waals surface area contributed by atoms with Crippen LogP contribution < -0.4 is 11.3 Å². The molecule has 0 spiro atoms. The van der Waals surface area contributed by atoms with Crippen LogP contribution in [-0.2, 0) is 0 Å². The molecule has 0 aliphatic heterocycles. The second-order valence-electron chi connectivity index (χ2n) is 4.15. The largest absolute Gasteiger partial charge is 0.377 e. The minimum atomic E-state index is -0.576. The molecule has 0 saturated carbocycles. The molecule has 0 rings (SSSR count). The molecule has 2 unspecified atom stereocenters. The van der Waals surface area contributed by atoms with Gasteiger partial charge in [-0.15, -0.1) is 0 Å². The Bertz CT molecular complexity index is 115. The van der Waals surface area contributed by atoms with E-state index in [1.165, 1.54) is 0 Å². The quantitative estimate of drug-likeness (QED) is 0.332. The van der Waals surface area contributed by atoms with Gasteiger partial charge in [0.2, 0.25) is 0 Å². The number of rotatable bonds is 5. The molecule has 0 amide bonds. The highest BCUT2D eigenvalue weighted by atomic mass is 16.3. The van der Waals surface area contributed by atoms with Gasteiger partial charge >= 0.3 is 0 Å². The summed E-state index contributed by atoms with van der Waals surface area (Å²) in [5.74, 6) is 6.49. The predicted octanol–water partition coefficient (Wildman–Crippen LogP) is 1.09. The highest BCUT2D eigenvalue weighted by Crippen LogP contribution is 2.22. The fourth-order valence-electron chi connectivity index (χ4n) is 1.43. The summed E-state index contributed by atoms with van der Waals surface area (Å²) in [5, 5.41) is 9.50. The molecule has 2 atom stereocenters. The zero-order valence-corrected chi connectivity index (χ0v) is 8.54. The summed E-state index contributed by atoms with van der Waals surface area (Å²) in [6.45, 7) is 8.51. The smallest absolute Gasteiger partial charge is 0.120 e. The number of nitrogens with two attached hydrogens (primary N) is 1. The summed E-state index contributed by atoms with van der Waals surface area (Å²) < 4.78 is 0. The Balaban J connectivity index is 4.03. The molecule has 4 N–H and O–H groups in total. The average Bonchev–Trinajstić information content (AvgIpc) is 1.98. The van der Waals surface area contributed by atoms with Crippen LogP contribution in [0.5, 0.6) is 0 Å². The zero-order valence-electron chi connectivity index (χ0n) is 8.54. The molecule has 0 bridgehead atoms. The minimum absolute atomic E-state index is 0.245. The average molecular weight is 174 g/mol. The van der Waals surface area contributed by atoms with E-state index in [1.54, 1.807) is 0 Å². The van der Waals surface area contributed by atoms with Gasteiger partial charge in [-0.3, -0.25) is 5.84 Å². The number of aliphatic hydroxyl groups excluding tert-OH is 1. The first-order valence-electron chi connectivity index (χ1n) is 4.63. The molecule has 0 fully saturated rings. The van der Waals surface area contributed by atoms with Crippen LogP contribution in [0.15, 0.2) is 0 Å². The first kappa shape index (κ1) is 11.9. The molecular formula is C9H22N2O. The third-order valence-electron chi connectivity index (χ3n) is 2.18. The standard InChI is InChI=1S/C9H22N2O/c1-6(2)5-8(7(3)4)9(12)11-10/h6-9,11-12H,5,10H2,1-4H3. The number of hydrogen-bond donors (Lipinski definition) is 3. The lowest BCUT2D eigenvalue weighted by Gasteiger charge is -2.27. The topological polar surface area (TPSA) is 58.3 Å². The number of nitrogens with one attached hydrogen (secondary N) is 1. The summed E-state index contributed by atoms with van der Waals surface area (Å²) in [7, 11) is 0. The zero-order chi connectivity index (χ0) is 9.72. The van der Waals surface area contributed by atoms with E-state index in [9.17, 15) is 5.11 Å². The lowest BCUT2D eigenvalue weighted by Crippen LogP contribution is -2.43. The van der Waals surface area contributed by atoms with E-state index >= 15 is 0 Å². The summed E-state index contributed by atoms with van der Waals surface area (Å²) in [6, 6.07) is 0. The molecule has 0 heterocycles. The summed E-state index contributed by atoms with van der Waals surface area (Å²) in [5.41, 5.74) is 2.41. The van der Waals surface area contributed by atoms with E-state index in [0.29, 0.717) is 11.8 Å². The van der Waals surface area contributed by atoms with E-state index < -0.39 is 6.23 Å². The van der Waals surface area contributed by atoms with E-state index in [-0.39, 0.29) is 5.92 Å². The monoisotopic (exact) mass is 174 g/mol. The molecule has 0 aromatic heterocycles. The second kappa shape index (κ2) is 5.51. The Morgan fingerprint density at radius 2 is 1.75 bits per heavy atom.